The Kier molecular flexibility index (Phi) is 7.14. The second kappa shape index (κ2) is 9.78. The Balaban J connectivity index is 1.59. The Morgan fingerprint density at radius 2 is 1.96 bits per heavy atom. The topological polar surface area (TPSA) is 68.7 Å². The Bertz CT molecular complexity index is 778. The van der Waals surface area contributed by atoms with Crippen molar-refractivity contribution in [2.24, 2.45) is 0 Å². The number of nitrogens with one attached hydrogen (secondary N) is 1. The summed E-state index contributed by atoms with van der Waals surface area (Å²) >= 11 is 0. The highest BCUT2D eigenvalue weighted by Crippen LogP contribution is 2.19. The molecule has 2 aromatic rings. The van der Waals surface area contributed by atoms with E-state index in [0.717, 1.165) is 56.2 Å². The number of benzene rings is 1. The second-order valence-corrected chi connectivity index (χ2v) is 7.52. The number of aryl methyl sites for hydroxylation is 1. The van der Waals surface area contributed by atoms with Gasteiger partial charge >= 0.3 is 0 Å². The zero-order valence-corrected chi connectivity index (χ0v) is 16.8. The molecule has 1 aliphatic rings. The van der Waals surface area contributed by atoms with E-state index < -0.39 is 0 Å². The van der Waals surface area contributed by atoms with Crippen LogP contribution in [0.5, 0.6) is 0 Å². The monoisotopic (exact) mass is 382 g/mol. The molecule has 0 spiro atoms. The van der Waals surface area contributed by atoms with Crippen LogP contribution in [0.25, 0.3) is 0 Å². The molecule has 1 aromatic carbocycles. The third-order valence-electron chi connectivity index (χ3n) is 5.14. The molecule has 1 aliphatic heterocycles. The van der Waals surface area contributed by atoms with E-state index in [0.29, 0.717) is 6.04 Å². The van der Waals surface area contributed by atoms with E-state index in [4.69, 9.17) is 0 Å². The number of aliphatic hydroxyl groups is 1. The molecule has 1 saturated heterocycles. The molecule has 0 saturated carbocycles. The Labute approximate surface area is 167 Å². The summed E-state index contributed by atoms with van der Waals surface area (Å²) in [6.07, 6.45) is 0.768. The fraction of sp³-hybridized carbons (Fsp3) is 0.455. The molecule has 28 heavy (non-hydrogen) atoms. The first-order valence-corrected chi connectivity index (χ1v) is 9.90. The number of rotatable bonds is 7. The first-order valence-electron chi connectivity index (χ1n) is 9.90. The zero-order chi connectivity index (χ0) is 19.9. The number of anilines is 1. The fourth-order valence-corrected chi connectivity index (χ4v) is 3.78. The number of amides is 1. The van der Waals surface area contributed by atoms with Crippen LogP contribution in [0, 0.1) is 6.92 Å². The highest BCUT2D eigenvalue weighted by molar-refractivity contribution is 5.88. The lowest BCUT2D eigenvalue weighted by atomic mass is 10.1. The number of carbonyl (C=O) groups is 1. The van der Waals surface area contributed by atoms with Gasteiger partial charge in [-0.25, -0.2) is 0 Å². The number of hydrogen-bond acceptors (Lipinski definition) is 5. The molecule has 6 nitrogen and oxygen atoms in total. The Morgan fingerprint density at radius 3 is 2.64 bits per heavy atom. The van der Waals surface area contributed by atoms with Gasteiger partial charge in [-0.1, -0.05) is 18.2 Å². The van der Waals surface area contributed by atoms with Crippen LogP contribution >= 0.6 is 0 Å². The van der Waals surface area contributed by atoms with Crippen molar-refractivity contribution >= 4 is 11.6 Å². The summed E-state index contributed by atoms with van der Waals surface area (Å²) < 4.78 is 0. The molecule has 2 heterocycles. The van der Waals surface area contributed by atoms with Crippen molar-refractivity contribution in [3.05, 3.63) is 59.4 Å². The minimum absolute atomic E-state index is 0.0567. The fourth-order valence-electron chi connectivity index (χ4n) is 3.78. The van der Waals surface area contributed by atoms with E-state index in [-0.39, 0.29) is 12.5 Å². The summed E-state index contributed by atoms with van der Waals surface area (Å²) in [5, 5.41) is 12.3. The van der Waals surface area contributed by atoms with Gasteiger partial charge in [0.25, 0.3) is 0 Å². The number of hydrogen-bond donors (Lipinski definition) is 2. The van der Waals surface area contributed by atoms with Crippen molar-refractivity contribution in [1.29, 1.82) is 0 Å². The predicted molar refractivity (Wildman–Crippen MR) is 111 cm³/mol. The van der Waals surface area contributed by atoms with Gasteiger partial charge in [-0.3, -0.25) is 19.6 Å². The van der Waals surface area contributed by atoms with Gasteiger partial charge < -0.3 is 10.4 Å². The average molecular weight is 383 g/mol. The van der Waals surface area contributed by atoms with Gasteiger partial charge in [0.2, 0.25) is 5.91 Å². The summed E-state index contributed by atoms with van der Waals surface area (Å²) in [6.45, 7) is 8.31. The maximum absolute atomic E-state index is 11.1. The quantitative estimate of drug-likeness (QED) is 0.770. The molecule has 1 fully saturated rings. The van der Waals surface area contributed by atoms with Gasteiger partial charge in [0.05, 0.1) is 5.69 Å². The lowest BCUT2D eigenvalue weighted by Crippen LogP contribution is -2.52. The van der Waals surface area contributed by atoms with Crippen LogP contribution in [0.15, 0.2) is 42.5 Å². The lowest BCUT2D eigenvalue weighted by molar-refractivity contribution is -0.114. The highest BCUT2D eigenvalue weighted by atomic mass is 16.3. The van der Waals surface area contributed by atoms with Crippen molar-refractivity contribution in [2.45, 2.75) is 39.4 Å². The lowest BCUT2D eigenvalue weighted by Gasteiger charge is -2.41. The van der Waals surface area contributed by atoms with Crippen LogP contribution in [0.2, 0.25) is 0 Å². The van der Waals surface area contributed by atoms with Crippen LogP contribution in [0.4, 0.5) is 5.69 Å². The van der Waals surface area contributed by atoms with Crippen molar-refractivity contribution in [3.63, 3.8) is 0 Å². The van der Waals surface area contributed by atoms with Gasteiger partial charge in [-0.15, -0.1) is 0 Å². The minimum atomic E-state index is -0.0567. The third kappa shape index (κ3) is 5.86. The van der Waals surface area contributed by atoms with Crippen molar-refractivity contribution in [3.8, 4) is 0 Å². The minimum Gasteiger partial charge on any atom is -0.396 e. The van der Waals surface area contributed by atoms with Gasteiger partial charge in [-0.05, 0) is 43.2 Å². The van der Waals surface area contributed by atoms with E-state index in [9.17, 15) is 9.90 Å². The first kappa shape index (κ1) is 20.5. The van der Waals surface area contributed by atoms with E-state index in [1.54, 1.807) is 0 Å². The van der Waals surface area contributed by atoms with Crippen LogP contribution in [-0.4, -0.2) is 58.1 Å². The molecule has 1 atom stereocenters. The van der Waals surface area contributed by atoms with Crippen LogP contribution in [-0.2, 0) is 17.9 Å². The number of carbonyl (C=O) groups excluding carboxylic acids is 1. The van der Waals surface area contributed by atoms with Crippen molar-refractivity contribution < 1.29 is 9.90 Å². The van der Waals surface area contributed by atoms with Crippen molar-refractivity contribution in [1.82, 2.24) is 14.8 Å². The maximum Gasteiger partial charge on any atom is 0.221 e. The Hall–Kier alpha value is -2.28. The predicted octanol–water partition coefficient (Wildman–Crippen LogP) is 2.42. The highest BCUT2D eigenvalue weighted by Gasteiger charge is 2.27. The number of nitrogens with zero attached hydrogens (tertiary/aromatic N) is 3. The molecule has 1 amide bonds. The number of pyridine rings is 1. The summed E-state index contributed by atoms with van der Waals surface area (Å²) in [6, 6.07) is 14.5. The van der Waals surface area contributed by atoms with E-state index in [1.165, 1.54) is 12.5 Å². The van der Waals surface area contributed by atoms with E-state index >= 15 is 0 Å². The summed E-state index contributed by atoms with van der Waals surface area (Å²) in [5.74, 6) is -0.0567. The second-order valence-electron chi connectivity index (χ2n) is 7.52. The van der Waals surface area contributed by atoms with Crippen molar-refractivity contribution in [2.75, 3.05) is 31.6 Å². The standard InChI is InChI=1S/C22H30N4O2/c1-17-4-3-5-21(23-17)15-26-12-11-25(16-22(26)10-13-27)14-19-6-8-20(9-7-19)24-18(2)28/h3-9,22,27H,10-16H2,1-2H3,(H,24,28). The molecule has 3 rings (SSSR count). The maximum atomic E-state index is 11.1. The summed E-state index contributed by atoms with van der Waals surface area (Å²) in [5.41, 5.74) is 4.18. The summed E-state index contributed by atoms with van der Waals surface area (Å²) in [4.78, 5) is 20.7. The molecule has 1 aromatic heterocycles. The molecule has 6 heteroatoms. The molecule has 0 bridgehead atoms. The molecule has 2 N–H and O–H groups in total. The number of piperazine rings is 1. The normalized spacial score (nSPS) is 18.2. The van der Waals surface area contributed by atoms with Crippen LogP contribution in [0.1, 0.15) is 30.3 Å². The van der Waals surface area contributed by atoms with Crippen LogP contribution < -0.4 is 5.32 Å². The molecule has 150 valence electrons. The van der Waals surface area contributed by atoms with Gasteiger partial charge in [0.15, 0.2) is 0 Å². The molecular weight excluding hydrogens is 352 g/mol. The molecular formula is C22H30N4O2. The Morgan fingerprint density at radius 1 is 1.18 bits per heavy atom. The van der Waals surface area contributed by atoms with Gasteiger partial charge in [0, 0.05) is 63.7 Å². The number of aromatic nitrogens is 1. The SMILES string of the molecule is CC(=O)Nc1ccc(CN2CCN(Cc3cccc(C)n3)C(CCO)C2)cc1. The molecule has 1 unspecified atom stereocenters. The zero-order valence-electron chi connectivity index (χ0n) is 16.8. The average Bonchev–Trinajstić information content (AvgIpc) is 2.65. The third-order valence-corrected chi connectivity index (χ3v) is 5.14. The van der Waals surface area contributed by atoms with Crippen LogP contribution in [0.3, 0.4) is 0 Å². The molecule has 0 aliphatic carbocycles. The molecule has 0 radical (unpaired) electrons. The number of aliphatic hydroxyl groups excluding tert-OH is 1. The first-order chi connectivity index (χ1) is 13.5. The van der Waals surface area contributed by atoms with E-state index in [1.807, 2.05) is 25.1 Å². The van der Waals surface area contributed by atoms with Gasteiger partial charge in [0.1, 0.15) is 0 Å². The van der Waals surface area contributed by atoms with Gasteiger partial charge in [-0.2, -0.15) is 0 Å². The summed E-state index contributed by atoms with van der Waals surface area (Å²) in [7, 11) is 0. The largest absolute Gasteiger partial charge is 0.396 e. The smallest absolute Gasteiger partial charge is 0.221 e. The van der Waals surface area contributed by atoms with E-state index in [2.05, 4.69) is 44.4 Å².